The highest BCUT2D eigenvalue weighted by molar-refractivity contribution is 7.89. The fraction of sp³-hybridized carbons (Fsp3) is 0.250. The lowest BCUT2D eigenvalue weighted by atomic mass is 10.0. The maximum atomic E-state index is 15.0. The highest BCUT2D eigenvalue weighted by Crippen LogP contribution is 2.32. The zero-order valence-corrected chi connectivity index (χ0v) is 13.0. The van der Waals surface area contributed by atoms with E-state index in [0.717, 1.165) is 0 Å². The average molecular weight is 323 g/mol. The second kappa shape index (κ2) is 7.00. The summed E-state index contributed by atoms with van der Waals surface area (Å²) in [5.41, 5.74) is 0.271. The second-order valence-corrected chi connectivity index (χ2v) is 6.49. The van der Waals surface area contributed by atoms with E-state index < -0.39 is 15.9 Å². The van der Waals surface area contributed by atoms with Crippen LogP contribution in [-0.2, 0) is 20.7 Å². The van der Waals surface area contributed by atoms with Crippen LogP contribution in [-0.4, -0.2) is 8.42 Å². The van der Waals surface area contributed by atoms with Crippen molar-refractivity contribution >= 4 is 10.0 Å². The Morgan fingerprint density at radius 3 is 2.14 bits per heavy atom. The first kappa shape index (κ1) is 16.6. The highest BCUT2D eigenvalue weighted by atomic mass is 32.2. The summed E-state index contributed by atoms with van der Waals surface area (Å²) in [4.78, 5) is 6.88. The van der Waals surface area contributed by atoms with Crippen LogP contribution in [0.2, 0.25) is 0 Å². The van der Waals surface area contributed by atoms with Crippen molar-refractivity contribution in [3.8, 4) is 0 Å². The number of halogens is 1. The van der Waals surface area contributed by atoms with Gasteiger partial charge in [0.05, 0.1) is 4.90 Å². The van der Waals surface area contributed by atoms with Gasteiger partial charge in [0.15, 0.2) is 0 Å². The number of hydrogen-bond acceptors (Lipinski definition) is 3. The van der Waals surface area contributed by atoms with Crippen LogP contribution < -0.4 is 4.89 Å². The van der Waals surface area contributed by atoms with Crippen LogP contribution in [0.15, 0.2) is 65.6 Å². The fourth-order valence-electron chi connectivity index (χ4n) is 2.03. The van der Waals surface area contributed by atoms with E-state index in [1.54, 1.807) is 55.5 Å². The van der Waals surface area contributed by atoms with Gasteiger partial charge in [0, 0.05) is 12.0 Å². The molecule has 0 fully saturated rings. The molecule has 6 heteroatoms. The second-order valence-electron chi connectivity index (χ2n) is 4.85. The third kappa shape index (κ3) is 3.91. The fourth-order valence-corrected chi connectivity index (χ4v) is 2.89. The smallest absolute Gasteiger partial charge is 0.242 e. The van der Waals surface area contributed by atoms with Gasteiger partial charge in [0.1, 0.15) is 0 Å². The third-order valence-electron chi connectivity index (χ3n) is 3.14. The maximum Gasteiger partial charge on any atom is 0.262 e. The molecule has 1 unspecified atom stereocenters. The summed E-state index contributed by atoms with van der Waals surface area (Å²) in [6, 6.07) is 15.9. The monoisotopic (exact) mass is 323 g/mol. The van der Waals surface area contributed by atoms with Crippen molar-refractivity contribution in [2.24, 2.45) is 0 Å². The van der Waals surface area contributed by atoms with Gasteiger partial charge >= 0.3 is 0 Å². The van der Waals surface area contributed by atoms with Crippen molar-refractivity contribution in [1.29, 1.82) is 0 Å². The topological polar surface area (TPSA) is 55.4 Å². The van der Waals surface area contributed by atoms with Crippen molar-refractivity contribution in [3.63, 3.8) is 0 Å². The SMILES string of the molecule is CCCC(F)(ONS(=O)(=O)c1ccccc1)c1ccccc1. The van der Waals surface area contributed by atoms with Gasteiger partial charge < -0.3 is 0 Å². The minimum atomic E-state index is -3.93. The standard InChI is InChI=1S/C16H18FNO3S/c1-2-13-16(17,14-9-5-3-6-10-14)21-18-22(19,20)15-11-7-4-8-12-15/h3-12,18H,2,13H2,1H3. The van der Waals surface area contributed by atoms with Crippen molar-refractivity contribution in [2.45, 2.75) is 30.5 Å². The molecule has 0 spiro atoms. The van der Waals surface area contributed by atoms with Crippen LogP contribution >= 0.6 is 0 Å². The van der Waals surface area contributed by atoms with Crippen molar-refractivity contribution < 1.29 is 17.6 Å². The van der Waals surface area contributed by atoms with Crippen LogP contribution in [0.4, 0.5) is 4.39 Å². The first-order chi connectivity index (χ1) is 10.5. The molecule has 0 aliphatic rings. The predicted molar refractivity (Wildman–Crippen MR) is 82.0 cm³/mol. The van der Waals surface area contributed by atoms with Crippen LogP contribution in [0, 0.1) is 0 Å². The minimum Gasteiger partial charge on any atom is -0.242 e. The molecular weight excluding hydrogens is 305 g/mol. The van der Waals surface area contributed by atoms with Gasteiger partial charge in [-0.15, -0.1) is 0 Å². The number of benzene rings is 2. The summed E-state index contributed by atoms with van der Waals surface area (Å²) < 4.78 is 39.2. The minimum absolute atomic E-state index is 0.0157. The summed E-state index contributed by atoms with van der Waals surface area (Å²) >= 11 is 0. The Hall–Kier alpha value is -1.76. The quantitative estimate of drug-likeness (QED) is 0.793. The highest BCUT2D eigenvalue weighted by Gasteiger charge is 2.34. The van der Waals surface area contributed by atoms with E-state index in [2.05, 4.69) is 0 Å². The lowest BCUT2D eigenvalue weighted by Crippen LogP contribution is -2.35. The first-order valence-corrected chi connectivity index (χ1v) is 8.45. The molecule has 22 heavy (non-hydrogen) atoms. The molecule has 2 aromatic rings. The molecule has 0 saturated heterocycles. The number of sulfonamides is 1. The molecule has 0 saturated carbocycles. The zero-order valence-electron chi connectivity index (χ0n) is 12.2. The van der Waals surface area contributed by atoms with E-state index in [1.165, 1.54) is 12.1 Å². The van der Waals surface area contributed by atoms with Crippen LogP contribution in [0.25, 0.3) is 0 Å². The van der Waals surface area contributed by atoms with Crippen LogP contribution in [0.3, 0.4) is 0 Å². The molecule has 118 valence electrons. The maximum absolute atomic E-state index is 15.0. The van der Waals surface area contributed by atoms with Gasteiger partial charge in [-0.05, 0) is 12.1 Å². The first-order valence-electron chi connectivity index (χ1n) is 6.97. The lowest BCUT2D eigenvalue weighted by Gasteiger charge is -2.25. The third-order valence-corrected chi connectivity index (χ3v) is 4.34. The average Bonchev–Trinajstić information content (AvgIpc) is 2.55. The Morgan fingerprint density at radius 1 is 1.05 bits per heavy atom. The molecule has 1 atom stereocenters. The molecule has 4 nitrogen and oxygen atoms in total. The Balaban J connectivity index is 2.19. The molecule has 2 rings (SSSR count). The molecular formula is C16H18FNO3S. The van der Waals surface area contributed by atoms with Gasteiger partial charge in [-0.1, -0.05) is 66.8 Å². The number of alkyl halides is 1. The largest absolute Gasteiger partial charge is 0.262 e. The Morgan fingerprint density at radius 2 is 1.59 bits per heavy atom. The van der Waals surface area contributed by atoms with E-state index in [9.17, 15) is 8.42 Å². The molecule has 0 bridgehead atoms. The molecule has 0 heterocycles. The Bertz CT molecular complexity index is 692. The van der Waals surface area contributed by atoms with Crippen molar-refractivity contribution in [3.05, 3.63) is 66.2 Å². The van der Waals surface area contributed by atoms with Crippen molar-refractivity contribution in [2.75, 3.05) is 0 Å². The molecule has 0 aliphatic heterocycles. The molecule has 0 radical (unpaired) electrons. The van der Waals surface area contributed by atoms with Crippen LogP contribution in [0.1, 0.15) is 25.3 Å². The number of rotatable bonds is 7. The Kier molecular flexibility index (Phi) is 5.28. The normalized spacial score (nSPS) is 14.5. The number of hydrogen-bond donors (Lipinski definition) is 1. The van der Waals surface area contributed by atoms with Crippen LogP contribution in [0.5, 0.6) is 0 Å². The predicted octanol–water partition coefficient (Wildman–Crippen LogP) is 3.52. The van der Waals surface area contributed by atoms with E-state index in [0.29, 0.717) is 6.42 Å². The van der Waals surface area contributed by atoms with Gasteiger partial charge in [0.25, 0.3) is 15.9 Å². The van der Waals surface area contributed by atoms with E-state index in [4.69, 9.17) is 4.84 Å². The van der Waals surface area contributed by atoms with Gasteiger partial charge in [0.2, 0.25) is 0 Å². The van der Waals surface area contributed by atoms with E-state index in [-0.39, 0.29) is 16.9 Å². The van der Waals surface area contributed by atoms with Gasteiger partial charge in [-0.3, -0.25) is 0 Å². The summed E-state index contributed by atoms with van der Waals surface area (Å²) in [6.07, 6.45) is 0.535. The summed E-state index contributed by atoms with van der Waals surface area (Å²) in [5.74, 6) is -2.21. The van der Waals surface area contributed by atoms with Gasteiger partial charge in [-0.2, -0.15) is 0 Å². The molecule has 0 aliphatic carbocycles. The van der Waals surface area contributed by atoms with Crippen molar-refractivity contribution in [1.82, 2.24) is 4.89 Å². The van der Waals surface area contributed by atoms with Gasteiger partial charge in [-0.25, -0.2) is 17.6 Å². The van der Waals surface area contributed by atoms with E-state index in [1.807, 2.05) is 4.89 Å². The zero-order chi connectivity index (χ0) is 16.1. The molecule has 0 aromatic heterocycles. The summed E-state index contributed by atoms with van der Waals surface area (Å²) in [5, 5.41) is 0. The molecule has 0 amide bonds. The summed E-state index contributed by atoms with van der Waals surface area (Å²) in [7, 11) is -3.93. The lowest BCUT2D eigenvalue weighted by molar-refractivity contribution is -0.181. The molecule has 2 aromatic carbocycles. The molecule has 1 N–H and O–H groups in total. The summed E-state index contributed by atoms with van der Waals surface area (Å²) in [6.45, 7) is 1.80. The Labute approximate surface area is 129 Å². The van der Waals surface area contributed by atoms with E-state index >= 15 is 4.39 Å². The number of nitrogens with one attached hydrogen (secondary N) is 1.